The van der Waals surface area contributed by atoms with Gasteiger partial charge in [0.25, 0.3) is 0 Å². The van der Waals surface area contributed by atoms with Crippen molar-refractivity contribution in [1.82, 2.24) is 4.98 Å². The number of aliphatic hydroxyl groups excluding tert-OH is 1. The fourth-order valence-corrected chi connectivity index (χ4v) is 3.47. The highest BCUT2D eigenvalue weighted by atomic mass is 19.1. The maximum atomic E-state index is 13.0. The van der Waals surface area contributed by atoms with Gasteiger partial charge in [-0.05, 0) is 53.9 Å². The van der Waals surface area contributed by atoms with Gasteiger partial charge in [-0.2, -0.15) is 0 Å². The van der Waals surface area contributed by atoms with E-state index < -0.39 is 6.10 Å². The minimum atomic E-state index is -0.715. The second-order valence-electron chi connectivity index (χ2n) is 6.90. The van der Waals surface area contributed by atoms with Gasteiger partial charge in [0.15, 0.2) is 0 Å². The zero-order valence-corrected chi connectivity index (χ0v) is 15.3. The molecule has 4 rings (SSSR count). The molecule has 0 bridgehead atoms. The minimum absolute atomic E-state index is 0.0732. The molecular weight excluding hydrogens is 355 g/mol. The number of nitrogens with zero attached hydrogens (tertiary/aromatic N) is 2. The number of hydrogen-bond donors (Lipinski definition) is 1. The van der Waals surface area contributed by atoms with E-state index in [1.165, 1.54) is 17.7 Å². The molecule has 1 N–H and O–H groups in total. The standard InChI is InChI=1S/C23H21FN2O2/c24-18-7-9-20(10-8-18)28-15-19(27)13-23-21(17-5-3-11-25-14-17)12-16-4-1-2-6-22(16)26-23/h1-11,14,19,21,27H,12-13,15H2. The lowest BCUT2D eigenvalue weighted by molar-refractivity contribution is 0.112. The number of ether oxygens (including phenoxy) is 1. The molecule has 2 aromatic carbocycles. The number of fused-ring (bicyclic) bond motifs is 1. The van der Waals surface area contributed by atoms with E-state index in [4.69, 9.17) is 9.73 Å². The van der Waals surface area contributed by atoms with Crippen LogP contribution in [-0.2, 0) is 6.42 Å². The Bertz CT molecular complexity index is 958. The zero-order chi connectivity index (χ0) is 19.3. The van der Waals surface area contributed by atoms with Crippen molar-refractivity contribution < 1.29 is 14.2 Å². The second kappa shape index (κ2) is 8.31. The summed E-state index contributed by atoms with van der Waals surface area (Å²) in [5.74, 6) is 0.284. The summed E-state index contributed by atoms with van der Waals surface area (Å²) in [5, 5.41) is 10.5. The molecule has 0 radical (unpaired) electrons. The van der Waals surface area contributed by atoms with Crippen molar-refractivity contribution >= 4 is 11.4 Å². The maximum Gasteiger partial charge on any atom is 0.123 e. The molecule has 2 atom stereocenters. The molecule has 0 spiro atoms. The van der Waals surface area contributed by atoms with Crippen LogP contribution in [0.3, 0.4) is 0 Å². The zero-order valence-electron chi connectivity index (χ0n) is 15.3. The summed E-state index contributed by atoms with van der Waals surface area (Å²) in [5.41, 5.74) is 4.14. The summed E-state index contributed by atoms with van der Waals surface area (Å²) in [6.45, 7) is 0.117. The second-order valence-corrected chi connectivity index (χ2v) is 6.90. The first kappa shape index (κ1) is 18.3. The lowest BCUT2D eigenvalue weighted by atomic mass is 9.84. The molecule has 5 heteroatoms. The lowest BCUT2D eigenvalue weighted by Gasteiger charge is -2.26. The maximum absolute atomic E-state index is 13.0. The highest BCUT2D eigenvalue weighted by molar-refractivity contribution is 5.95. The minimum Gasteiger partial charge on any atom is -0.491 e. The first-order valence-electron chi connectivity index (χ1n) is 9.31. The van der Waals surface area contributed by atoms with Gasteiger partial charge in [0.1, 0.15) is 18.2 Å². The summed E-state index contributed by atoms with van der Waals surface area (Å²) >= 11 is 0. The number of rotatable bonds is 6. The summed E-state index contributed by atoms with van der Waals surface area (Å²) < 4.78 is 18.6. The number of halogens is 1. The number of aliphatic hydroxyl groups is 1. The van der Waals surface area contributed by atoms with Crippen LogP contribution >= 0.6 is 0 Å². The molecule has 0 saturated carbocycles. The van der Waals surface area contributed by atoms with Crippen LogP contribution in [0.4, 0.5) is 10.1 Å². The van der Waals surface area contributed by atoms with Gasteiger partial charge in [0.05, 0.1) is 11.8 Å². The Morgan fingerprint density at radius 1 is 1.07 bits per heavy atom. The average Bonchev–Trinajstić information content (AvgIpc) is 2.73. The monoisotopic (exact) mass is 376 g/mol. The topological polar surface area (TPSA) is 54.7 Å². The van der Waals surface area contributed by atoms with E-state index in [-0.39, 0.29) is 18.3 Å². The van der Waals surface area contributed by atoms with E-state index >= 15 is 0 Å². The van der Waals surface area contributed by atoms with Crippen molar-refractivity contribution in [3.05, 3.63) is 90.0 Å². The lowest BCUT2D eigenvalue weighted by Crippen LogP contribution is -2.27. The van der Waals surface area contributed by atoms with Gasteiger partial charge in [-0.1, -0.05) is 24.3 Å². The predicted molar refractivity (Wildman–Crippen MR) is 107 cm³/mol. The molecule has 0 aliphatic carbocycles. The fraction of sp³-hybridized carbons (Fsp3) is 0.217. The third-order valence-corrected chi connectivity index (χ3v) is 4.87. The highest BCUT2D eigenvalue weighted by Gasteiger charge is 2.26. The SMILES string of the molecule is OC(COc1ccc(F)cc1)CC1=Nc2ccccc2CC1c1cccnc1. The number of aliphatic imine (C=N–C) groups is 1. The van der Waals surface area contributed by atoms with E-state index in [0.717, 1.165) is 23.4 Å². The van der Waals surface area contributed by atoms with Gasteiger partial charge in [-0.3, -0.25) is 9.98 Å². The third-order valence-electron chi connectivity index (χ3n) is 4.87. The van der Waals surface area contributed by atoms with Crippen LogP contribution < -0.4 is 4.74 Å². The van der Waals surface area contributed by atoms with Gasteiger partial charge >= 0.3 is 0 Å². The van der Waals surface area contributed by atoms with Crippen LogP contribution in [0.5, 0.6) is 5.75 Å². The Morgan fingerprint density at radius 2 is 1.89 bits per heavy atom. The molecule has 1 aromatic heterocycles. The van der Waals surface area contributed by atoms with Crippen LogP contribution in [0, 0.1) is 5.82 Å². The Balaban J connectivity index is 1.51. The number of benzene rings is 2. The number of hydrogen-bond acceptors (Lipinski definition) is 4. The molecule has 1 aliphatic heterocycles. The largest absolute Gasteiger partial charge is 0.491 e. The fourth-order valence-electron chi connectivity index (χ4n) is 3.47. The average molecular weight is 376 g/mol. The number of aromatic nitrogens is 1. The van der Waals surface area contributed by atoms with Crippen molar-refractivity contribution in [2.75, 3.05) is 6.61 Å². The summed E-state index contributed by atoms with van der Waals surface area (Å²) in [7, 11) is 0. The molecule has 0 fully saturated rings. The van der Waals surface area contributed by atoms with Crippen molar-refractivity contribution in [3.8, 4) is 5.75 Å². The van der Waals surface area contributed by atoms with E-state index in [0.29, 0.717) is 12.2 Å². The van der Waals surface area contributed by atoms with Gasteiger partial charge in [-0.25, -0.2) is 4.39 Å². The predicted octanol–water partition coefficient (Wildman–Crippen LogP) is 4.46. The Labute approximate surface area is 163 Å². The summed E-state index contributed by atoms with van der Waals surface area (Å²) in [6.07, 6.45) is 4.12. The Kier molecular flexibility index (Phi) is 5.44. The molecule has 1 aliphatic rings. The van der Waals surface area contributed by atoms with Crippen molar-refractivity contribution in [2.24, 2.45) is 4.99 Å². The first-order chi connectivity index (χ1) is 13.7. The summed E-state index contributed by atoms with van der Waals surface area (Å²) in [4.78, 5) is 9.07. The van der Waals surface area contributed by atoms with E-state index in [9.17, 15) is 9.50 Å². The molecule has 28 heavy (non-hydrogen) atoms. The van der Waals surface area contributed by atoms with E-state index in [2.05, 4.69) is 11.1 Å². The molecule has 0 saturated heterocycles. The van der Waals surface area contributed by atoms with Crippen molar-refractivity contribution in [2.45, 2.75) is 24.9 Å². The number of para-hydroxylation sites is 1. The molecule has 2 heterocycles. The van der Waals surface area contributed by atoms with Gasteiger partial charge < -0.3 is 9.84 Å². The smallest absolute Gasteiger partial charge is 0.123 e. The highest BCUT2D eigenvalue weighted by Crippen LogP contribution is 2.35. The molecule has 4 nitrogen and oxygen atoms in total. The quantitative estimate of drug-likeness (QED) is 0.691. The van der Waals surface area contributed by atoms with Crippen LogP contribution in [0.25, 0.3) is 0 Å². The van der Waals surface area contributed by atoms with Gasteiger partial charge in [0.2, 0.25) is 0 Å². The molecule has 3 aromatic rings. The summed E-state index contributed by atoms with van der Waals surface area (Å²) in [6, 6.07) is 17.8. The van der Waals surface area contributed by atoms with Gasteiger partial charge in [0, 0.05) is 30.4 Å². The van der Waals surface area contributed by atoms with E-state index in [1.807, 2.05) is 36.5 Å². The first-order valence-corrected chi connectivity index (χ1v) is 9.31. The van der Waals surface area contributed by atoms with Crippen LogP contribution in [0.15, 0.2) is 78.0 Å². The normalized spacial score (nSPS) is 16.8. The number of pyridine rings is 1. The van der Waals surface area contributed by atoms with Crippen molar-refractivity contribution in [1.29, 1.82) is 0 Å². The molecular formula is C23H21FN2O2. The van der Waals surface area contributed by atoms with Crippen molar-refractivity contribution in [3.63, 3.8) is 0 Å². The van der Waals surface area contributed by atoms with Crippen LogP contribution in [-0.4, -0.2) is 28.5 Å². The van der Waals surface area contributed by atoms with Crippen LogP contribution in [0.1, 0.15) is 23.5 Å². The van der Waals surface area contributed by atoms with Gasteiger partial charge in [-0.15, -0.1) is 0 Å². The Morgan fingerprint density at radius 3 is 2.68 bits per heavy atom. The third kappa shape index (κ3) is 4.26. The molecule has 142 valence electrons. The van der Waals surface area contributed by atoms with Crippen LogP contribution in [0.2, 0.25) is 0 Å². The Hall–Kier alpha value is -3.05. The molecule has 0 amide bonds. The molecule has 2 unspecified atom stereocenters. The van der Waals surface area contributed by atoms with E-state index in [1.54, 1.807) is 18.3 Å².